The average molecular weight is 331 g/mol. The van der Waals surface area contributed by atoms with E-state index in [1.807, 2.05) is 6.07 Å². The van der Waals surface area contributed by atoms with Crippen molar-refractivity contribution in [3.8, 4) is 0 Å². The highest BCUT2D eigenvalue weighted by atomic mass is 32.2. The highest BCUT2D eigenvalue weighted by molar-refractivity contribution is 7.91. The summed E-state index contributed by atoms with van der Waals surface area (Å²) in [5, 5.41) is 0. The summed E-state index contributed by atoms with van der Waals surface area (Å²) in [6, 6.07) is 5.02. The fourth-order valence-electron chi connectivity index (χ4n) is 2.34. The van der Waals surface area contributed by atoms with Crippen LogP contribution >= 0.6 is 0 Å². The van der Waals surface area contributed by atoms with Crippen molar-refractivity contribution >= 4 is 25.8 Å². The second-order valence-electron chi connectivity index (χ2n) is 5.15. The van der Waals surface area contributed by atoms with E-state index in [9.17, 15) is 21.6 Å². The Morgan fingerprint density at radius 3 is 2.48 bits per heavy atom. The second-order valence-corrected chi connectivity index (χ2v) is 9.01. The molecule has 0 saturated carbocycles. The first kappa shape index (κ1) is 16.0. The minimum absolute atomic E-state index is 0.190. The number of benzene rings is 1. The molecule has 0 aliphatic heterocycles. The van der Waals surface area contributed by atoms with Crippen LogP contribution in [0.15, 0.2) is 23.1 Å². The molecule has 1 N–H and O–H groups in total. The van der Waals surface area contributed by atoms with Gasteiger partial charge in [-0.1, -0.05) is 6.07 Å². The molecule has 0 unspecified atom stereocenters. The van der Waals surface area contributed by atoms with E-state index in [1.54, 1.807) is 16.9 Å². The molecule has 1 aromatic carbocycles. The van der Waals surface area contributed by atoms with Crippen molar-refractivity contribution in [3.63, 3.8) is 0 Å². The number of hydrogen-bond acceptors (Lipinski definition) is 5. The van der Waals surface area contributed by atoms with Crippen LogP contribution < -0.4 is 4.72 Å². The standard InChI is InChI=1S/C13H17NO5S2/c1-20(16,17)14-13(15)7-8-21(18,19)12-6-5-10-3-2-4-11(10)9-12/h5-6,9H,2-4,7-8H2,1H3,(H,14,15). The normalized spacial score (nSPS) is 14.7. The molecule has 0 spiro atoms. The molecule has 0 radical (unpaired) electrons. The summed E-state index contributed by atoms with van der Waals surface area (Å²) < 4.78 is 47.9. The van der Waals surface area contributed by atoms with Gasteiger partial charge in [-0.2, -0.15) is 0 Å². The SMILES string of the molecule is CS(=O)(=O)NC(=O)CCS(=O)(=O)c1ccc2c(c1)CCC2. The summed E-state index contributed by atoms with van der Waals surface area (Å²) >= 11 is 0. The molecule has 21 heavy (non-hydrogen) atoms. The number of amides is 1. The zero-order valence-corrected chi connectivity index (χ0v) is 13.3. The quantitative estimate of drug-likeness (QED) is 0.843. The van der Waals surface area contributed by atoms with E-state index < -0.39 is 31.5 Å². The van der Waals surface area contributed by atoms with Gasteiger partial charge in [0.15, 0.2) is 9.84 Å². The van der Waals surface area contributed by atoms with E-state index in [0.29, 0.717) is 0 Å². The van der Waals surface area contributed by atoms with Gasteiger partial charge in [-0.15, -0.1) is 0 Å². The van der Waals surface area contributed by atoms with Crippen LogP contribution in [0.25, 0.3) is 0 Å². The third kappa shape index (κ3) is 4.28. The molecule has 8 heteroatoms. The zero-order valence-electron chi connectivity index (χ0n) is 11.6. The van der Waals surface area contributed by atoms with Crippen LogP contribution in [0, 0.1) is 0 Å². The van der Waals surface area contributed by atoms with E-state index in [4.69, 9.17) is 0 Å². The molecule has 1 aromatic rings. The van der Waals surface area contributed by atoms with Gasteiger partial charge in [-0.05, 0) is 42.5 Å². The number of fused-ring (bicyclic) bond motifs is 1. The van der Waals surface area contributed by atoms with Crippen LogP contribution in [0.5, 0.6) is 0 Å². The lowest BCUT2D eigenvalue weighted by molar-refractivity contribution is -0.118. The Morgan fingerprint density at radius 2 is 1.81 bits per heavy atom. The molecule has 0 atom stereocenters. The van der Waals surface area contributed by atoms with Crippen LogP contribution in [0.4, 0.5) is 0 Å². The Balaban J connectivity index is 2.07. The Hall–Kier alpha value is -1.41. The largest absolute Gasteiger partial charge is 0.274 e. The summed E-state index contributed by atoms with van der Waals surface area (Å²) in [7, 11) is -7.25. The van der Waals surface area contributed by atoms with Gasteiger partial charge in [0, 0.05) is 6.42 Å². The van der Waals surface area contributed by atoms with Crippen LogP contribution in [0.3, 0.4) is 0 Å². The average Bonchev–Trinajstić information content (AvgIpc) is 2.81. The number of aryl methyl sites for hydroxylation is 2. The van der Waals surface area contributed by atoms with Crippen molar-refractivity contribution in [2.45, 2.75) is 30.6 Å². The van der Waals surface area contributed by atoms with Gasteiger partial charge in [0.05, 0.1) is 16.9 Å². The second kappa shape index (κ2) is 5.76. The highest BCUT2D eigenvalue weighted by Gasteiger charge is 2.20. The number of nitrogens with one attached hydrogen (secondary N) is 1. The van der Waals surface area contributed by atoms with Gasteiger partial charge in [0.25, 0.3) is 0 Å². The number of rotatable bonds is 5. The fraction of sp³-hybridized carbons (Fsp3) is 0.462. The zero-order chi connectivity index (χ0) is 15.7. The first-order valence-corrected chi connectivity index (χ1v) is 10.1. The lowest BCUT2D eigenvalue weighted by Gasteiger charge is -2.07. The number of sulfonamides is 1. The van der Waals surface area contributed by atoms with Crippen molar-refractivity contribution < 1.29 is 21.6 Å². The Kier molecular flexibility index (Phi) is 4.38. The number of sulfone groups is 1. The fourth-order valence-corrected chi connectivity index (χ4v) is 4.15. The Labute approximate surface area is 124 Å². The molecule has 0 bridgehead atoms. The van der Waals surface area contributed by atoms with E-state index in [2.05, 4.69) is 0 Å². The lowest BCUT2D eigenvalue weighted by Crippen LogP contribution is -2.30. The molecule has 0 heterocycles. The summed E-state index contributed by atoms with van der Waals surface area (Å²) in [4.78, 5) is 11.6. The van der Waals surface area contributed by atoms with Crippen molar-refractivity contribution in [2.75, 3.05) is 12.0 Å². The van der Waals surface area contributed by atoms with Crippen molar-refractivity contribution in [2.24, 2.45) is 0 Å². The van der Waals surface area contributed by atoms with E-state index in [0.717, 1.165) is 31.1 Å². The Bertz CT molecular complexity index is 766. The van der Waals surface area contributed by atoms with E-state index in [1.165, 1.54) is 5.56 Å². The molecule has 6 nitrogen and oxygen atoms in total. The first-order chi connectivity index (χ1) is 9.67. The highest BCUT2D eigenvalue weighted by Crippen LogP contribution is 2.25. The molecule has 116 valence electrons. The monoisotopic (exact) mass is 331 g/mol. The molecule has 1 aliphatic rings. The molecule has 0 fully saturated rings. The number of carbonyl (C=O) groups excluding carboxylic acids is 1. The maximum Gasteiger partial charge on any atom is 0.234 e. The minimum Gasteiger partial charge on any atom is -0.274 e. The van der Waals surface area contributed by atoms with E-state index in [-0.39, 0.29) is 11.3 Å². The summed E-state index contributed by atoms with van der Waals surface area (Å²) in [5.41, 5.74) is 2.21. The molecule has 1 amide bonds. The molecule has 2 rings (SSSR count). The summed E-state index contributed by atoms with van der Waals surface area (Å²) in [6.07, 6.45) is 3.32. The van der Waals surface area contributed by atoms with Gasteiger partial charge >= 0.3 is 0 Å². The molecular weight excluding hydrogens is 314 g/mol. The number of carbonyl (C=O) groups is 1. The van der Waals surface area contributed by atoms with Gasteiger partial charge in [-0.25, -0.2) is 16.8 Å². The van der Waals surface area contributed by atoms with Crippen molar-refractivity contribution in [1.82, 2.24) is 4.72 Å². The third-order valence-corrected chi connectivity index (χ3v) is 5.64. The smallest absolute Gasteiger partial charge is 0.234 e. The van der Waals surface area contributed by atoms with Gasteiger partial charge in [0.2, 0.25) is 15.9 Å². The maximum atomic E-state index is 12.2. The first-order valence-electron chi connectivity index (χ1n) is 6.52. The number of hydrogen-bond donors (Lipinski definition) is 1. The molecule has 0 saturated heterocycles. The van der Waals surface area contributed by atoms with Crippen molar-refractivity contribution in [3.05, 3.63) is 29.3 Å². The van der Waals surface area contributed by atoms with Gasteiger partial charge < -0.3 is 0 Å². The predicted octanol–water partition coefficient (Wildman–Crippen LogP) is 0.415. The van der Waals surface area contributed by atoms with Gasteiger partial charge in [-0.3, -0.25) is 9.52 Å². The topological polar surface area (TPSA) is 97.4 Å². The van der Waals surface area contributed by atoms with Crippen LogP contribution in [-0.4, -0.2) is 34.8 Å². The molecule has 1 aliphatic carbocycles. The minimum atomic E-state index is -3.66. The summed E-state index contributed by atoms with van der Waals surface area (Å²) in [5.74, 6) is -1.23. The Morgan fingerprint density at radius 1 is 1.14 bits per heavy atom. The van der Waals surface area contributed by atoms with Gasteiger partial charge in [0.1, 0.15) is 0 Å². The molecule has 0 aromatic heterocycles. The van der Waals surface area contributed by atoms with E-state index >= 15 is 0 Å². The predicted molar refractivity (Wildman–Crippen MR) is 78.1 cm³/mol. The maximum absolute atomic E-state index is 12.2. The van der Waals surface area contributed by atoms with Crippen LogP contribution in [0.1, 0.15) is 24.0 Å². The summed E-state index contributed by atoms with van der Waals surface area (Å²) in [6.45, 7) is 0. The molecular formula is C13H17NO5S2. The van der Waals surface area contributed by atoms with Crippen LogP contribution in [-0.2, 0) is 37.5 Å². The van der Waals surface area contributed by atoms with Crippen molar-refractivity contribution in [1.29, 1.82) is 0 Å². The third-order valence-electron chi connectivity index (χ3n) is 3.33. The van der Waals surface area contributed by atoms with Crippen LogP contribution in [0.2, 0.25) is 0 Å². The lowest BCUT2D eigenvalue weighted by atomic mass is 10.1.